The van der Waals surface area contributed by atoms with Crippen molar-refractivity contribution >= 4 is 16.7 Å². The van der Waals surface area contributed by atoms with Crippen LogP contribution in [0.2, 0.25) is 0 Å². The Morgan fingerprint density at radius 1 is 1.39 bits per heavy atom. The van der Waals surface area contributed by atoms with E-state index in [4.69, 9.17) is 0 Å². The summed E-state index contributed by atoms with van der Waals surface area (Å²) in [5.41, 5.74) is 0. The Bertz CT molecular complexity index is 396. The first-order chi connectivity index (χ1) is 8.45. The normalized spacial score (nSPS) is 25.1. The summed E-state index contributed by atoms with van der Waals surface area (Å²) in [6.45, 7) is 0.531. The van der Waals surface area contributed by atoms with Gasteiger partial charge in [-0.05, 0) is 25.2 Å². The van der Waals surface area contributed by atoms with Gasteiger partial charge in [-0.3, -0.25) is 0 Å². The second-order valence-electron chi connectivity index (χ2n) is 4.49. The molecule has 102 valence electrons. The van der Waals surface area contributed by atoms with Gasteiger partial charge in [0.25, 0.3) is 0 Å². The van der Waals surface area contributed by atoms with Crippen LogP contribution in [0, 0.1) is 5.92 Å². The van der Waals surface area contributed by atoms with Crippen molar-refractivity contribution in [1.29, 1.82) is 0 Å². The number of aromatic nitrogens is 2. The van der Waals surface area contributed by atoms with E-state index in [0.717, 1.165) is 19.3 Å². The molecular weight excluding hydrogens is 267 g/mol. The second kappa shape index (κ2) is 5.40. The highest BCUT2D eigenvalue weighted by molar-refractivity contribution is 7.09. The van der Waals surface area contributed by atoms with Crippen LogP contribution in [0.15, 0.2) is 0 Å². The number of alkyl halides is 3. The molecule has 2 unspecified atom stereocenters. The predicted octanol–water partition coefficient (Wildman–Crippen LogP) is 2.52. The van der Waals surface area contributed by atoms with Crippen molar-refractivity contribution in [2.75, 3.05) is 11.9 Å². The Hall–Kier alpha value is -0.890. The summed E-state index contributed by atoms with van der Waals surface area (Å²) in [4.78, 5) is 3.39. The number of nitrogens with one attached hydrogen (secondary N) is 1. The van der Waals surface area contributed by atoms with Crippen LogP contribution in [0.25, 0.3) is 0 Å². The summed E-state index contributed by atoms with van der Waals surface area (Å²) in [5.74, 6) is -0.814. The van der Waals surface area contributed by atoms with Crippen molar-refractivity contribution in [3.05, 3.63) is 5.82 Å². The molecule has 1 heterocycles. The van der Waals surface area contributed by atoms with Gasteiger partial charge in [0, 0.05) is 18.1 Å². The monoisotopic (exact) mass is 281 g/mol. The van der Waals surface area contributed by atoms with Crippen LogP contribution in [0.1, 0.15) is 31.5 Å². The molecule has 1 fully saturated rings. The van der Waals surface area contributed by atoms with E-state index in [1.165, 1.54) is 0 Å². The van der Waals surface area contributed by atoms with Crippen LogP contribution in [0.5, 0.6) is 0 Å². The van der Waals surface area contributed by atoms with Gasteiger partial charge in [-0.2, -0.15) is 22.5 Å². The molecule has 0 aromatic carbocycles. The fourth-order valence-electron chi connectivity index (χ4n) is 2.09. The summed E-state index contributed by atoms with van der Waals surface area (Å²) < 4.78 is 40.1. The highest BCUT2D eigenvalue weighted by Crippen LogP contribution is 2.29. The standard InChI is InChI=1S/C10H14F3N3OS/c11-10(12,13)8-15-9(18-16-8)14-5-6-2-1-3-7(17)4-6/h6-7,17H,1-5H2,(H,14,15,16). The van der Waals surface area contributed by atoms with Gasteiger partial charge < -0.3 is 10.4 Å². The molecule has 1 saturated carbocycles. The maximum atomic E-state index is 12.3. The molecule has 0 radical (unpaired) electrons. The van der Waals surface area contributed by atoms with Gasteiger partial charge >= 0.3 is 6.18 Å². The van der Waals surface area contributed by atoms with Gasteiger partial charge in [-0.25, -0.2) is 0 Å². The van der Waals surface area contributed by atoms with Crippen molar-refractivity contribution in [2.24, 2.45) is 5.92 Å². The van der Waals surface area contributed by atoms with Gasteiger partial charge in [0.2, 0.25) is 11.0 Å². The average Bonchev–Trinajstić information content (AvgIpc) is 2.74. The number of rotatable bonds is 3. The lowest BCUT2D eigenvalue weighted by Gasteiger charge is -2.25. The van der Waals surface area contributed by atoms with E-state index < -0.39 is 12.0 Å². The molecule has 8 heteroatoms. The average molecular weight is 281 g/mol. The minimum atomic E-state index is -4.49. The lowest BCUT2D eigenvalue weighted by atomic mass is 9.87. The van der Waals surface area contributed by atoms with Crippen LogP contribution in [0.4, 0.5) is 18.3 Å². The summed E-state index contributed by atoms with van der Waals surface area (Å²) in [6, 6.07) is 0. The summed E-state index contributed by atoms with van der Waals surface area (Å²) in [7, 11) is 0. The van der Waals surface area contributed by atoms with Crippen molar-refractivity contribution in [2.45, 2.75) is 38.0 Å². The smallest absolute Gasteiger partial charge is 0.393 e. The van der Waals surface area contributed by atoms with E-state index in [1.807, 2.05) is 0 Å². The molecule has 18 heavy (non-hydrogen) atoms. The SMILES string of the molecule is OC1CCCC(CNc2nc(C(F)(F)F)ns2)C1. The highest BCUT2D eigenvalue weighted by atomic mass is 32.1. The number of hydrogen-bond donors (Lipinski definition) is 2. The molecule has 0 spiro atoms. The molecule has 0 amide bonds. The Morgan fingerprint density at radius 2 is 2.17 bits per heavy atom. The minimum Gasteiger partial charge on any atom is -0.393 e. The van der Waals surface area contributed by atoms with E-state index in [1.54, 1.807) is 0 Å². The molecule has 1 aliphatic rings. The summed E-state index contributed by atoms with van der Waals surface area (Å²) >= 11 is 0.711. The van der Waals surface area contributed by atoms with Gasteiger partial charge in [0.05, 0.1) is 6.10 Å². The van der Waals surface area contributed by atoms with Gasteiger partial charge in [-0.1, -0.05) is 6.42 Å². The molecule has 2 N–H and O–H groups in total. The van der Waals surface area contributed by atoms with E-state index >= 15 is 0 Å². The molecule has 4 nitrogen and oxygen atoms in total. The third kappa shape index (κ3) is 3.55. The molecule has 1 aromatic rings. The van der Waals surface area contributed by atoms with Crippen molar-refractivity contribution in [3.63, 3.8) is 0 Å². The Labute approximate surface area is 106 Å². The van der Waals surface area contributed by atoms with Crippen LogP contribution in [-0.2, 0) is 6.18 Å². The minimum absolute atomic E-state index is 0.183. The van der Waals surface area contributed by atoms with Gasteiger partial charge in [0.1, 0.15) is 0 Å². The predicted molar refractivity (Wildman–Crippen MR) is 61.4 cm³/mol. The zero-order valence-corrected chi connectivity index (χ0v) is 10.4. The third-order valence-electron chi connectivity index (χ3n) is 2.98. The maximum Gasteiger partial charge on any atom is 0.452 e. The van der Waals surface area contributed by atoms with Crippen LogP contribution < -0.4 is 5.32 Å². The molecule has 1 aliphatic carbocycles. The van der Waals surface area contributed by atoms with E-state index in [9.17, 15) is 18.3 Å². The molecule has 0 bridgehead atoms. The Kier molecular flexibility index (Phi) is 4.06. The van der Waals surface area contributed by atoms with Crippen LogP contribution in [-0.4, -0.2) is 27.1 Å². The number of anilines is 1. The first-order valence-corrected chi connectivity index (χ1v) is 6.55. The fourth-order valence-corrected chi connectivity index (χ4v) is 2.68. The molecule has 2 atom stereocenters. The third-order valence-corrected chi connectivity index (χ3v) is 3.65. The highest BCUT2D eigenvalue weighted by Gasteiger charge is 2.36. The van der Waals surface area contributed by atoms with Crippen LogP contribution in [0.3, 0.4) is 0 Å². The lowest BCUT2D eigenvalue weighted by molar-refractivity contribution is -0.144. The zero-order valence-electron chi connectivity index (χ0n) is 9.57. The Morgan fingerprint density at radius 3 is 2.78 bits per heavy atom. The topological polar surface area (TPSA) is 58.0 Å². The van der Waals surface area contributed by atoms with Crippen molar-refractivity contribution < 1.29 is 18.3 Å². The molecule has 0 aliphatic heterocycles. The quantitative estimate of drug-likeness (QED) is 0.894. The van der Waals surface area contributed by atoms with Gasteiger partial charge in [0.15, 0.2) is 0 Å². The fraction of sp³-hybridized carbons (Fsp3) is 0.800. The largest absolute Gasteiger partial charge is 0.452 e. The number of aliphatic hydroxyl groups excluding tert-OH is 1. The number of hydrogen-bond acceptors (Lipinski definition) is 5. The molecular formula is C10H14F3N3OS. The molecule has 1 aromatic heterocycles. The van der Waals surface area contributed by atoms with E-state index in [-0.39, 0.29) is 17.2 Å². The van der Waals surface area contributed by atoms with E-state index in [0.29, 0.717) is 24.5 Å². The zero-order chi connectivity index (χ0) is 13.2. The molecule has 2 rings (SSSR count). The van der Waals surface area contributed by atoms with Crippen molar-refractivity contribution in [3.8, 4) is 0 Å². The number of halogens is 3. The van der Waals surface area contributed by atoms with E-state index in [2.05, 4.69) is 14.7 Å². The van der Waals surface area contributed by atoms with Gasteiger partial charge in [-0.15, -0.1) is 0 Å². The summed E-state index contributed by atoms with van der Waals surface area (Å²) in [5, 5.41) is 12.5. The van der Waals surface area contributed by atoms with Crippen molar-refractivity contribution in [1.82, 2.24) is 9.36 Å². The number of nitrogens with zero attached hydrogens (tertiary/aromatic N) is 2. The first-order valence-electron chi connectivity index (χ1n) is 5.78. The first kappa shape index (κ1) is 13.5. The van der Waals surface area contributed by atoms with Crippen LogP contribution >= 0.6 is 11.5 Å². The summed E-state index contributed by atoms with van der Waals surface area (Å²) in [6.07, 6.45) is -1.33. The molecule has 0 saturated heterocycles. The maximum absolute atomic E-state index is 12.3. The second-order valence-corrected chi connectivity index (χ2v) is 5.24. The number of aliphatic hydroxyl groups is 1. The lowest BCUT2D eigenvalue weighted by Crippen LogP contribution is -2.25. The Balaban J connectivity index is 1.85.